The molecule has 4 nitrogen and oxygen atoms in total. The van der Waals surface area contributed by atoms with Crippen LogP contribution in [0.4, 0.5) is 5.69 Å². The molecule has 1 saturated heterocycles. The Balaban J connectivity index is 1.95. The number of benzene rings is 2. The van der Waals surface area contributed by atoms with Gasteiger partial charge in [0.25, 0.3) is 5.91 Å². The van der Waals surface area contributed by atoms with E-state index in [-0.39, 0.29) is 11.7 Å². The van der Waals surface area contributed by atoms with Gasteiger partial charge >= 0.3 is 0 Å². The molecule has 0 aliphatic carbocycles. The zero-order valence-corrected chi connectivity index (χ0v) is 12.7. The second kappa shape index (κ2) is 5.61. The molecule has 1 heterocycles. The molecule has 22 heavy (non-hydrogen) atoms. The number of hydrogen-bond donors (Lipinski definition) is 2. The Morgan fingerprint density at radius 2 is 1.82 bits per heavy atom. The van der Waals surface area contributed by atoms with Gasteiger partial charge in [-0.05, 0) is 54.5 Å². The van der Waals surface area contributed by atoms with E-state index in [1.165, 1.54) is 4.90 Å². The number of hydrogen-bond acceptors (Lipinski definition) is 3. The molecule has 0 unspecified atom stereocenters. The highest BCUT2D eigenvalue weighted by molar-refractivity contribution is 7.80. The molecule has 0 radical (unpaired) electrons. The van der Waals surface area contributed by atoms with Crippen LogP contribution < -0.4 is 10.2 Å². The minimum absolute atomic E-state index is 0.185. The Morgan fingerprint density at radius 3 is 2.50 bits per heavy atom. The van der Waals surface area contributed by atoms with Crippen LogP contribution in [0.2, 0.25) is 0 Å². The Bertz CT molecular complexity index is 782. The number of aryl methyl sites for hydroxylation is 1. The third-order valence-corrected chi connectivity index (χ3v) is 3.72. The van der Waals surface area contributed by atoms with Crippen LogP contribution in [0.25, 0.3) is 6.08 Å². The summed E-state index contributed by atoms with van der Waals surface area (Å²) in [6.45, 7) is 1.94. The Labute approximate surface area is 133 Å². The van der Waals surface area contributed by atoms with Crippen molar-refractivity contribution in [3.8, 4) is 5.75 Å². The van der Waals surface area contributed by atoms with Crippen LogP contribution in [0.15, 0.2) is 54.2 Å². The summed E-state index contributed by atoms with van der Waals surface area (Å²) in [6.07, 6.45) is 1.71. The number of thiocarbonyl (C=S) groups is 1. The van der Waals surface area contributed by atoms with Gasteiger partial charge in [-0.1, -0.05) is 30.3 Å². The summed E-state index contributed by atoms with van der Waals surface area (Å²) in [6, 6.07) is 14.2. The number of phenols is 1. The standard InChI is InChI=1S/C17H14N2O2S/c1-11-4-2-3-5-15(11)19-16(21)14(18-17(19)22)10-12-6-8-13(20)9-7-12/h2-10,20H,1H3,(H,18,22). The van der Waals surface area contributed by atoms with Crippen molar-refractivity contribution in [3.05, 3.63) is 65.4 Å². The first-order valence-corrected chi connectivity index (χ1v) is 7.19. The summed E-state index contributed by atoms with van der Waals surface area (Å²) >= 11 is 5.29. The van der Waals surface area contributed by atoms with Gasteiger partial charge in [-0.2, -0.15) is 0 Å². The smallest absolute Gasteiger partial charge is 0.281 e. The van der Waals surface area contributed by atoms with Gasteiger partial charge in [0.2, 0.25) is 0 Å². The van der Waals surface area contributed by atoms with Crippen molar-refractivity contribution in [2.24, 2.45) is 0 Å². The van der Waals surface area contributed by atoms with E-state index in [9.17, 15) is 9.90 Å². The molecule has 0 aromatic heterocycles. The number of carbonyl (C=O) groups excluding carboxylic acids is 1. The van der Waals surface area contributed by atoms with E-state index in [1.54, 1.807) is 30.3 Å². The highest BCUT2D eigenvalue weighted by Gasteiger charge is 2.32. The van der Waals surface area contributed by atoms with E-state index in [0.717, 1.165) is 16.8 Å². The number of rotatable bonds is 2. The number of aromatic hydroxyl groups is 1. The van der Waals surface area contributed by atoms with Gasteiger partial charge in [0.15, 0.2) is 5.11 Å². The highest BCUT2D eigenvalue weighted by Crippen LogP contribution is 2.25. The lowest BCUT2D eigenvalue weighted by Gasteiger charge is -2.16. The van der Waals surface area contributed by atoms with Crippen LogP contribution in [-0.4, -0.2) is 16.1 Å². The van der Waals surface area contributed by atoms with E-state index in [4.69, 9.17) is 12.2 Å². The van der Waals surface area contributed by atoms with Crippen molar-refractivity contribution in [1.29, 1.82) is 0 Å². The van der Waals surface area contributed by atoms with E-state index in [0.29, 0.717) is 10.8 Å². The number of phenolic OH excluding ortho intramolecular Hbond substituents is 1. The summed E-state index contributed by atoms with van der Waals surface area (Å²) in [4.78, 5) is 14.1. The van der Waals surface area contributed by atoms with Gasteiger partial charge in [-0.15, -0.1) is 0 Å². The Morgan fingerprint density at radius 1 is 1.14 bits per heavy atom. The maximum Gasteiger partial charge on any atom is 0.281 e. The summed E-state index contributed by atoms with van der Waals surface area (Å²) < 4.78 is 0. The molecule has 2 aromatic carbocycles. The van der Waals surface area contributed by atoms with Crippen molar-refractivity contribution in [2.45, 2.75) is 6.92 Å². The van der Waals surface area contributed by atoms with Crippen LogP contribution in [0, 0.1) is 6.92 Å². The fourth-order valence-corrected chi connectivity index (χ4v) is 2.60. The Hall–Kier alpha value is -2.66. The number of amides is 1. The van der Waals surface area contributed by atoms with Crippen molar-refractivity contribution >= 4 is 35.0 Å². The predicted octanol–water partition coefficient (Wildman–Crippen LogP) is 2.96. The fraction of sp³-hybridized carbons (Fsp3) is 0.0588. The first kappa shape index (κ1) is 14.3. The van der Waals surface area contributed by atoms with Crippen molar-refractivity contribution in [2.75, 3.05) is 4.90 Å². The quantitative estimate of drug-likeness (QED) is 0.661. The predicted molar refractivity (Wildman–Crippen MR) is 90.5 cm³/mol. The molecule has 0 bridgehead atoms. The molecule has 5 heteroatoms. The maximum atomic E-state index is 12.6. The van der Waals surface area contributed by atoms with Gasteiger partial charge < -0.3 is 10.4 Å². The molecule has 1 fully saturated rings. The number of carbonyl (C=O) groups is 1. The molecular formula is C17H14N2O2S. The first-order chi connectivity index (χ1) is 10.6. The lowest BCUT2D eigenvalue weighted by Crippen LogP contribution is -2.30. The van der Waals surface area contributed by atoms with Crippen LogP contribution >= 0.6 is 12.2 Å². The molecule has 2 aromatic rings. The minimum atomic E-state index is -0.188. The number of nitrogens with one attached hydrogen (secondary N) is 1. The van der Waals surface area contributed by atoms with E-state index >= 15 is 0 Å². The number of nitrogens with zero attached hydrogens (tertiary/aromatic N) is 1. The van der Waals surface area contributed by atoms with E-state index in [1.807, 2.05) is 31.2 Å². The van der Waals surface area contributed by atoms with Gasteiger partial charge in [0, 0.05) is 0 Å². The monoisotopic (exact) mass is 310 g/mol. The summed E-state index contributed by atoms with van der Waals surface area (Å²) in [7, 11) is 0. The second-order valence-electron chi connectivity index (χ2n) is 5.01. The average Bonchev–Trinajstić information content (AvgIpc) is 2.77. The third kappa shape index (κ3) is 2.58. The van der Waals surface area contributed by atoms with Crippen molar-refractivity contribution < 1.29 is 9.90 Å². The SMILES string of the molecule is Cc1ccccc1N1C(=O)C(=Cc2ccc(O)cc2)NC1=S. The topological polar surface area (TPSA) is 52.6 Å². The molecule has 0 atom stereocenters. The summed E-state index contributed by atoms with van der Waals surface area (Å²) in [5.41, 5.74) is 2.98. The summed E-state index contributed by atoms with van der Waals surface area (Å²) in [5, 5.41) is 12.6. The van der Waals surface area contributed by atoms with Crippen LogP contribution in [0.5, 0.6) is 5.75 Å². The van der Waals surface area contributed by atoms with Gasteiger partial charge in [-0.3, -0.25) is 9.69 Å². The molecular weight excluding hydrogens is 296 g/mol. The molecule has 3 rings (SSSR count). The van der Waals surface area contributed by atoms with E-state index in [2.05, 4.69) is 5.32 Å². The van der Waals surface area contributed by atoms with Gasteiger partial charge in [-0.25, -0.2) is 0 Å². The molecule has 1 aliphatic rings. The fourth-order valence-electron chi connectivity index (χ4n) is 2.31. The maximum absolute atomic E-state index is 12.6. The van der Waals surface area contributed by atoms with E-state index < -0.39 is 0 Å². The van der Waals surface area contributed by atoms with Crippen molar-refractivity contribution in [1.82, 2.24) is 5.32 Å². The zero-order valence-electron chi connectivity index (χ0n) is 11.9. The second-order valence-corrected chi connectivity index (χ2v) is 5.39. The Kier molecular flexibility index (Phi) is 3.65. The van der Waals surface area contributed by atoms with Crippen LogP contribution in [-0.2, 0) is 4.79 Å². The van der Waals surface area contributed by atoms with Crippen LogP contribution in [0.3, 0.4) is 0 Å². The molecule has 1 amide bonds. The molecule has 2 N–H and O–H groups in total. The highest BCUT2D eigenvalue weighted by atomic mass is 32.1. The van der Waals surface area contributed by atoms with Gasteiger partial charge in [0.05, 0.1) is 5.69 Å². The minimum Gasteiger partial charge on any atom is -0.508 e. The summed E-state index contributed by atoms with van der Waals surface area (Å²) in [5.74, 6) is -0.00251. The molecule has 0 spiro atoms. The van der Waals surface area contributed by atoms with Gasteiger partial charge in [0.1, 0.15) is 11.4 Å². The molecule has 1 aliphatic heterocycles. The molecule has 0 saturated carbocycles. The normalized spacial score (nSPS) is 16.2. The lowest BCUT2D eigenvalue weighted by atomic mass is 10.1. The van der Waals surface area contributed by atoms with Crippen molar-refractivity contribution in [3.63, 3.8) is 0 Å². The first-order valence-electron chi connectivity index (χ1n) is 6.78. The third-order valence-electron chi connectivity index (χ3n) is 3.44. The lowest BCUT2D eigenvalue weighted by molar-refractivity contribution is -0.113. The zero-order chi connectivity index (χ0) is 15.7. The van der Waals surface area contributed by atoms with Crippen LogP contribution in [0.1, 0.15) is 11.1 Å². The number of para-hydroxylation sites is 1. The molecule has 110 valence electrons. The average molecular weight is 310 g/mol. The number of anilines is 1. The largest absolute Gasteiger partial charge is 0.508 e.